The third kappa shape index (κ3) is 2.78. The molecule has 5 heteroatoms. The molecule has 2 N–H and O–H groups in total. The zero-order chi connectivity index (χ0) is 10.7. The van der Waals surface area contributed by atoms with Gasteiger partial charge in [-0.3, -0.25) is 4.21 Å². The quantitative estimate of drug-likeness (QED) is 0.731. The zero-order valence-corrected chi connectivity index (χ0v) is 9.71. The van der Waals surface area contributed by atoms with Crippen molar-refractivity contribution >= 4 is 10.8 Å². The standard InChI is InChI=1S/C10H19NO3S/c11-9-3-6-14-7-10(9)15(12)8-1-4-13-5-2-8/h8-10H,1-7,11H2. The summed E-state index contributed by atoms with van der Waals surface area (Å²) >= 11 is 0. The van der Waals surface area contributed by atoms with Crippen molar-refractivity contribution in [1.82, 2.24) is 0 Å². The Bertz CT molecular complexity index is 231. The molecule has 0 amide bonds. The van der Waals surface area contributed by atoms with Gasteiger partial charge < -0.3 is 15.2 Å². The van der Waals surface area contributed by atoms with Crippen molar-refractivity contribution in [1.29, 1.82) is 0 Å². The Kier molecular flexibility index (Phi) is 4.13. The van der Waals surface area contributed by atoms with Gasteiger partial charge in [0.2, 0.25) is 0 Å². The molecule has 2 aliphatic rings. The Balaban J connectivity index is 1.92. The fraction of sp³-hybridized carbons (Fsp3) is 1.00. The average Bonchev–Trinajstić information content (AvgIpc) is 2.30. The van der Waals surface area contributed by atoms with Crippen LogP contribution in [0.1, 0.15) is 19.3 Å². The molecule has 0 aromatic heterocycles. The Hall–Kier alpha value is 0.0300. The largest absolute Gasteiger partial charge is 0.381 e. The second-order valence-electron chi connectivity index (χ2n) is 4.21. The first-order chi connectivity index (χ1) is 7.29. The number of nitrogens with two attached hydrogens (primary N) is 1. The molecule has 0 aliphatic carbocycles. The lowest BCUT2D eigenvalue weighted by molar-refractivity contribution is 0.0865. The summed E-state index contributed by atoms with van der Waals surface area (Å²) in [5, 5.41) is 0.290. The molecule has 0 radical (unpaired) electrons. The fourth-order valence-electron chi connectivity index (χ4n) is 2.12. The van der Waals surface area contributed by atoms with Crippen molar-refractivity contribution in [2.24, 2.45) is 5.73 Å². The van der Waals surface area contributed by atoms with Crippen molar-refractivity contribution in [3.8, 4) is 0 Å². The van der Waals surface area contributed by atoms with E-state index in [4.69, 9.17) is 15.2 Å². The maximum absolute atomic E-state index is 12.3. The molecule has 2 fully saturated rings. The van der Waals surface area contributed by atoms with Gasteiger partial charge in [-0.15, -0.1) is 0 Å². The Morgan fingerprint density at radius 2 is 1.73 bits per heavy atom. The van der Waals surface area contributed by atoms with Crippen LogP contribution in [0.5, 0.6) is 0 Å². The zero-order valence-electron chi connectivity index (χ0n) is 8.89. The second kappa shape index (κ2) is 5.39. The van der Waals surface area contributed by atoms with E-state index < -0.39 is 10.8 Å². The van der Waals surface area contributed by atoms with E-state index in [9.17, 15) is 4.21 Å². The highest BCUT2D eigenvalue weighted by atomic mass is 32.2. The molecular weight excluding hydrogens is 214 g/mol. The Morgan fingerprint density at radius 1 is 1.07 bits per heavy atom. The molecule has 0 saturated carbocycles. The molecule has 3 atom stereocenters. The van der Waals surface area contributed by atoms with Crippen LogP contribution >= 0.6 is 0 Å². The highest BCUT2D eigenvalue weighted by molar-refractivity contribution is 7.86. The number of hydrogen-bond donors (Lipinski definition) is 1. The number of ether oxygens (including phenoxy) is 2. The van der Waals surface area contributed by atoms with Gasteiger partial charge in [-0.05, 0) is 19.3 Å². The van der Waals surface area contributed by atoms with Crippen LogP contribution in [0.3, 0.4) is 0 Å². The summed E-state index contributed by atoms with van der Waals surface area (Å²) in [6.45, 7) is 2.74. The SMILES string of the molecule is NC1CCOCC1S(=O)C1CCOCC1. The predicted octanol–water partition coefficient (Wildman–Crippen LogP) is 0.0303. The van der Waals surface area contributed by atoms with Crippen LogP contribution in [0.2, 0.25) is 0 Å². The molecule has 0 bridgehead atoms. The van der Waals surface area contributed by atoms with E-state index in [2.05, 4.69) is 0 Å². The molecule has 15 heavy (non-hydrogen) atoms. The predicted molar refractivity (Wildman–Crippen MR) is 59.2 cm³/mol. The van der Waals surface area contributed by atoms with Crippen LogP contribution in [0.25, 0.3) is 0 Å². The molecule has 3 unspecified atom stereocenters. The van der Waals surface area contributed by atoms with Gasteiger partial charge in [0.25, 0.3) is 0 Å². The van der Waals surface area contributed by atoms with Gasteiger partial charge in [0.15, 0.2) is 0 Å². The molecule has 0 aromatic carbocycles. The Labute approximate surface area is 93.0 Å². The third-order valence-electron chi connectivity index (χ3n) is 3.15. The van der Waals surface area contributed by atoms with Crippen molar-refractivity contribution in [2.45, 2.75) is 35.8 Å². The van der Waals surface area contributed by atoms with Gasteiger partial charge in [-0.1, -0.05) is 0 Å². The van der Waals surface area contributed by atoms with E-state index in [-0.39, 0.29) is 16.5 Å². The molecule has 2 heterocycles. The molecule has 4 nitrogen and oxygen atoms in total. The van der Waals surface area contributed by atoms with Crippen molar-refractivity contribution < 1.29 is 13.7 Å². The molecule has 88 valence electrons. The van der Waals surface area contributed by atoms with Crippen molar-refractivity contribution in [3.05, 3.63) is 0 Å². The number of rotatable bonds is 2. The minimum absolute atomic E-state index is 0.0295. The van der Waals surface area contributed by atoms with Crippen LogP contribution in [0, 0.1) is 0 Å². The molecule has 0 aromatic rings. The van der Waals surface area contributed by atoms with Gasteiger partial charge >= 0.3 is 0 Å². The van der Waals surface area contributed by atoms with Crippen LogP contribution in [-0.2, 0) is 20.3 Å². The van der Waals surface area contributed by atoms with E-state index in [1.54, 1.807) is 0 Å². The first kappa shape index (κ1) is 11.5. The topological polar surface area (TPSA) is 61.5 Å². The summed E-state index contributed by atoms with van der Waals surface area (Å²) in [6, 6.07) is 0.0439. The van der Waals surface area contributed by atoms with Gasteiger partial charge in [0.1, 0.15) is 0 Å². The highest BCUT2D eigenvalue weighted by Gasteiger charge is 2.33. The lowest BCUT2D eigenvalue weighted by atomic mass is 10.1. The smallest absolute Gasteiger partial charge is 0.0736 e. The fourth-order valence-corrected chi connectivity index (χ4v) is 3.99. The van der Waals surface area contributed by atoms with Gasteiger partial charge in [0.05, 0.1) is 11.9 Å². The van der Waals surface area contributed by atoms with Crippen LogP contribution in [0.4, 0.5) is 0 Å². The van der Waals surface area contributed by atoms with E-state index in [1.807, 2.05) is 0 Å². The van der Waals surface area contributed by atoms with Crippen LogP contribution in [-0.4, -0.2) is 47.2 Å². The monoisotopic (exact) mass is 233 g/mol. The molecule has 2 aliphatic heterocycles. The summed E-state index contributed by atoms with van der Waals surface area (Å²) in [5.74, 6) is 0. The van der Waals surface area contributed by atoms with E-state index in [1.165, 1.54) is 0 Å². The summed E-state index contributed by atoms with van der Waals surface area (Å²) in [4.78, 5) is 0. The average molecular weight is 233 g/mol. The molecular formula is C10H19NO3S. The summed E-state index contributed by atoms with van der Waals surface area (Å²) in [5.41, 5.74) is 5.98. The number of hydrogen-bond acceptors (Lipinski definition) is 4. The van der Waals surface area contributed by atoms with E-state index in [0.717, 1.165) is 32.5 Å². The van der Waals surface area contributed by atoms with E-state index in [0.29, 0.717) is 13.2 Å². The first-order valence-electron chi connectivity index (χ1n) is 5.59. The minimum Gasteiger partial charge on any atom is -0.381 e. The van der Waals surface area contributed by atoms with Crippen molar-refractivity contribution in [3.63, 3.8) is 0 Å². The van der Waals surface area contributed by atoms with Gasteiger partial charge in [0, 0.05) is 41.9 Å². The summed E-state index contributed by atoms with van der Waals surface area (Å²) in [7, 11) is -0.853. The molecule has 2 rings (SSSR count). The summed E-state index contributed by atoms with van der Waals surface area (Å²) in [6.07, 6.45) is 2.63. The van der Waals surface area contributed by atoms with Crippen molar-refractivity contribution in [2.75, 3.05) is 26.4 Å². The summed E-state index contributed by atoms with van der Waals surface area (Å²) < 4.78 is 22.9. The maximum atomic E-state index is 12.3. The first-order valence-corrected chi connectivity index (χ1v) is 6.87. The van der Waals surface area contributed by atoms with Gasteiger partial charge in [-0.25, -0.2) is 0 Å². The third-order valence-corrected chi connectivity index (χ3v) is 5.36. The maximum Gasteiger partial charge on any atom is 0.0736 e. The Morgan fingerprint density at radius 3 is 2.40 bits per heavy atom. The normalized spacial score (nSPS) is 36.3. The lowest BCUT2D eigenvalue weighted by Crippen LogP contribution is -2.48. The minimum atomic E-state index is -0.853. The molecule has 2 saturated heterocycles. The van der Waals surface area contributed by atoms with E-state index >= 15 is 0 Å². The van der Waals surface area contributed by atoms with Crippen LogP contribution in [0.15, 0.2) is 0 Å². The van der Waals surface area contributed by atoms with Crippen LogP contribution < -0.4 is 5.73 Å². The highest BCUT2D eigenvalue weighted by Crippen LogP contribution is 2.21. The lowest BCUT2D eigenvalue weighted by Gasteiger charge is -2.32. The second-order valence-corrected chi connectivity index (χ2v) is 6.14. The van der Waals surface area contributed by atoms with Gasteiger partial charge in [-0.2, -0.15) is 0 Å². The molecule has 0 spiro atoms.